The maximum Gasteiger partial charge on any atom is 0.217 e. The van der Waals surface area contributed by atoms with E-state index in [2.05, 4.69) is 46.5 Å². The second kappa shape index (κ2) is 7.30. The molecule has 0 spiro atoms. The molecule has 1 fully saturated rings. The van der Waals surface area contributed by atoms with Gasteiger partial charge in [-0.3, -0.25) is 5.10 Å². The topological polar surface area (TPSA) is 85.0 Å². The standard InChI is InChI=1S/C22H29N5O2/c1-21(2,3)29-20-15(7-6-9-23-20)22(4,5)18-11-16(25-14-8-10-28-13-14)19-17(26-18)12-24-27-19/h6-7,9,11-12,14H,8,10,13H2,1-5H3,(H,24,27)(H,25,26)/t14-/m1/s1. The first-order valence-corrected chi connectivity index (χ1v) is 10.1. The van der Waals surface area contributed by atoms with Crippen molar-refractivity contribution in [1.29, 1.82) is 0 Å². The van der Waals surface area contributed by atoms with Gasteiger partial charge in [-0.05, 0) is 53.2 Å². The molecule has 29 heavy (non-hydrogen) atoms. The fourth-order valence-electron chi connectivity index (χ4n) is 3.61. The average molecular weight is 396 g/mol. The molecule has 0 amide bonds. The van der Waals surface area contributed by atoms with Crippen LogP contribution in [0.25, 0.3) is 11.0 Å². The number of nitrogens with zero attached hydrogens (tertiary/aromatic N) is 3. The van der Waals surface area contributed by atoms with E-state index in [1.54, 1.807) is 12.4 Å². The molecule has 0 unspecified atom stereocenters. The van der Waals surface area contributed by atoms with Crippen molar-refractivity contribution in [2.45, 2.75) is 58.1 Å². The Balaban J connectivity index is 1.77. The Labute approximate surface area is 171 Å². The minimum Gasteiger partial charge on any atom is -0.472 e. The maximum absolute atomic E-state index is 6.16. The van der Waals surface area contributed by atoms with Gasteiger partial charge in [0.1, 0.15) is 16.6 Å². The van der Waals surface area contributed by atoms with Crippen molar-refractivity contribution in [1.82, 2.24) is 20.2 Å². The predicted molar refractivity (Wildman–Crippen MR) is 113 cm³/mol. The third kappa shape index (κ3) is 4.05. The van der Waals surface area contributed by atoms with Gasteiger partial charge in [0.15, 0.2) is 0 Å². The number of H-pyrrole nitrogens is 1. The molecule has 3 aromatic heterocycles. The van der Waals surface area contributed by atoms with Crippen LogP contribution in [-0.2, 0) is 10.2 Å². The number of aromatic amines is 1. The van der Waals surface area contributed by atoms with E-state index < -0.39 is 5.41 Å². The third-order valence-electron chi connectivity index (χ3n) is 5.19. The number of rotatable bonds is 5. The van der Waals surface area contributed by atoms with Crippen LogP contribution in [0, 0.1) is 0 Å². The molecule has 154 valence electrons. The molecule has 4 rings (SSSR count). The van der Waals surface area contributed by atoms with Crippen LogP contribution < -0.4 is 10.1 Å². The van der Waals surface area contributed by atoms with Crippen LogP contribution in [0.3, 0.4) is 0 Å². The molecule has 0 aromatic carbocycles. The summed E-state index contributed by atoms with van der Waals surface area (Å²) in [5.41, 5.74) is 3.92. The third-order valence-corrected chi connectivity index (χ3v) is 5.19. The van der Waals surface area contributed by atoms with Gasteiger partial charge in [-0.25, -0.2) is 9.97 Å². The van der Waals surface area contributed by atoms with E-state index >= 15 is 0 Å². The summed E-state index contributed by atoms with van der Waals surface area (Å²) in [5.74, 6) is 0.637. The van der Waals surface area contributed by atoms with Crippen LogP contribution in [-0.4, -0.2) is 45.0 Å². The highest BCUT2D eigenvalue weighted by atomic mass is 16.5. The minimum absolute atomic E-state index is 0.290. The average Bonchev–Trinajstić information content (AvgIpc) is 3.32. The summed E-state index contributed by atoms with van der Waals surface area (Å²) in [5, 5.41) is 10.9. The second-order valence-corrected chi connectivity index (χ2v) is 9.09. The molecule has 0 saturated carbocycles. The molecular weight excluding hydrogens is 366 g/mol. The molecule has 3 aromatic rings. The summed E-state index contributed by atoms with van der Waals surface area (Å²) in [4.78, 5) is 9.42. The van der Waals surface area contributed by atoms with Gasteiger partial charge in [0, 0.05) is 23.8 Å². The van der Waals surface area contributed by atoms with Crippen LogP contribution in [0.1, 0.15) is 52.3 Å². The van der Waals surface area contributed by atoms with Crippen molar-refractivity contribution >= 4 is 16.7 Å². The summed E-state index contributed by atoms with van der Waals surface area (Å²) in [6.07, 6.45) is 4.52. The molecule has 0 aliphatic carbocycles. The molecule has 1 aliphatic heterocycles. The highest BCUT2D eigenvalue weighted by Crippen LogP contribution is 2.38. The van der Waals surface area contributed by atoms with Crippen LogP contribution in [0.2, 0.25) is 0 Å². The monoisotopic (exact) mass is 395 g/mol. The summed E-state index contributed by atoms with van der Waals surface area (Å²) >= 11 is 0. The highest BCUT2D eigenvalue weighted by molar-refractivity contribution is 5.87. The van der Waals surface area contributed by atoms with E-state index in [-0.39, 0.29) is 11.6 Å². The van der Waals surface area contributed by atoms with Crippen molar-refractivity contribution in [2.75, 3.05) is 18.5 Å². The smallest absolute Gasteiger partial charge is 0.217 e. The highest BCUT2D eigenvalue weighted by Gasteiger charge is 2.32. The van der Waals surface area contributed by atoms with E-state index in [1.807, 2.05) is 26.8 Å². The van der Waals surface area contributed by atoms with Gasteiger partial charge in [0.25, 0.3) is 0 Å². The lowest BCUT2D eigenvalue weighted by molar-refractivity contribution is 0.121. The summed E-state index contributed by atoms with van der Waals surface area (Å²) in [7, 11) is 0. The van der Waals surface area contributed by atoms with E-state index in [0.717, 1.165) is 41.0 Å². The van der Waals surface area contributed by atoms with Crippen LogP contribution >= 0.6 is 0 Å². The van der Waals surface area contributed by atoms with Crippen LogP contribution in [0.5, 0.6) is 5.88 Å². The quantitative estimate of drug-likeness (QED) is 0.678. The second-order valence-electron chi connectivity index (χ2n) is 9.09. The first-order chi connectivity index (χ1) is 13.7. The normalized spacial score (nSPS) is 17.6. The molecule has 0 bridgehead atoms. The predicted octanol–water partition coefficient (Wildman–Crippen LogP) is 4.06. The molecule has 2 N–H and O–H groups in total. The van der Waals surface area contributed by atoms with Gasteiger partial charge < -0.3 is 14.8 Å². The molecule has 7 nitrogen and oxygen atoms in total. The zero-order valence-electron chi connectivity index (χ0n) is 17.7. The number of hydrogen-bond donors (Lipinski definition) is 2. The van der Waals surface area contributed by atoms with E-state index in [4.69, 9.17) is 14.5 Å². The number of nitrogens with one attached hydrogen (secondary N) is 2. The van der Waals surface area contributed by atoms with Gasteiger partial charge in [0.05, 0.1) is 30.2 Å². The van der Waals surface area contributed by atoms with Gasteiger partial charge >= 0.3 is 0 Å². The number of aromatic nitrogens is 4. The van der Waals surface area contributed by atoms with Crippen molar-refractivity contribution in [3.05, 3.63) is 41.9 Å². The Morgan fingerprint density at radius 3 is 2.79 bits per heavy atom. The molecule has 1 saturated heterocycles. The van der Waals surface area contributed by atoms with Crippen LogP contribution in [0.4, 0.5) is 5.69 Å². The zero-order chi connectivity index (χ0) is 20.6. The lowest BCUT2D eigenvalue weighted by Gasteiger charge is -2.30. The Bertz CT molecular complexity index is 1000. The SMILES string of the molecule is CC(C)(C)Oc1ncccc1C(C)(C)c1cc(N[C@@H]2CCOC2)c2[nH]ncc2n1. The van der Waals surface area contributed by atoms with Crippen LogP contribution in [0.15, 0.2) is 30.6 Å². The summed E-state index contributed by atoms with van der Waals surface area (Å²) < 4.78 is 11.7. The molecule has 4 heterocycles. The Hall–Kier alpha value is -2.67. The lowest BCUT2D eigenvalue weighted by Crippen LogP contribution is -2.28. The Morgan fingerprint density at radius 1 is 1.24 bits per heavy atom. The summed E-state index contributed by atoms with van der Waals surface area (Å²) in [6, 6.07) is 6.40. The van der Waals surface area contributed by atoms with Gasteiger partial charge in [-0.15, -0.1) is 0 Å². The summed E-state index contributed by atoms with van der Waals surface area (Å²) in [6.45, 7) is 11.9. The Kier molecular flexibility index (Phi) is 4.94. The van der Waals surface area contributed by atoms with Crippen molar-refractivity contribution in [2.24, 2.45) is 0 Å². The minimum atomic E-state index is -0.414. The van der Waals surface area contributed by atoms with Crippen molar-refractivity contribution in [3.8, 4) is 5.88 Å². The van der Waals surface area contributed by atoms with E-state index in [1.165, 1.54) is 0 Å². The largest absolute Gasteiger partial charge is 0.472 e. The molecule has 0 radical (unpaired) electrons. The van der Waals surface area contributed by atoms with Gasteiger partial charge in [0.2, 0.25) is 5.88 Å². The fourth-order valence-corrected chi connectivity index (χ4v) is 3.61. The number of hydrogen-bond acceptors (Lipinski definition) is 6. The number of pyridine rings is 2. The first kappa shape index (κ1) is 19.6. The van der Waals surface area contributed by atoms with Crippen molar-refractivity contribution < 1.29 is 9.47 Å². The molecule has 7 heteroatoms. The van der Waals surface area contributed by atoms with Crippen molar-refractivity contribution in [3.63, 3.8) is 0 Å². The van der Waals surface area contributed by atoms with E-state index in [9.17, 15) is 0 Å². The zero-order valence-corrected chi connectivity index (χ0v) is 17.7. The van der Waals surface area contributed by atoms with Gasteiger partial charge in [-0.1, -0.05) is 6.07 Å². The number of ether oxygens (including phenoxy) is 2. The Morgan fingerprint density at radius 2 is 2.07 bits per heavy atom. The van der Waals surface area contributed by atoms with E-state index in [0.29, 0.717) is 12.5 Å². The van der Waals surface area contributed by atoms with Gasteiger partial charge in [-0.2, -0.15) is 5.10 Å². The number of anilines is 1. The molecule has 1 aliphatic rings. The maximum atomic E-state index is 6.16. The molecule has 1 atom stereocenters. The number of fused-ring (bicyclic) bond motifs is 1. The lowest BCUT2D eigenvalue weighted by atomic mass is 9.81. The fraction of sp³-hybridized carbons (Fsp3) is 0.500. The molecular formula is C22H29N5O2. The first-order valence-electron chi connectivity index (χ1n) is 10.1.